The first-order valence-electron chi connectivity index (χ1n) is 9.93. The van der Waals surface area contributed by atoms with Crippen LogP contribution in [0.15, 0.2) is 89.5 Å². The Morgan fingerprint density at radius 1 is 0.969 bits per heavy atom. The summed E-state index contributed by atoms with van der Waals surface area (Å²) >= 11 is 3.38. The van der Waals surface area contributed by atoms with Crippen LogP contribution >= 0.6 is 15.9 Å². The van der Waals surface area contributed by atoms with E-state index in [0.717, 1.165) is 15.6 Å². The highest BCUT2D eigenvalue weighted by Gasteiger charge is 2.20. The number of phenols is 1. The fourth-order valence-corrected chi connectivity index (χ4v) is 3.48. The number of nitrogens with one attached hydrogen (secondary N) is 1. The molecule has 32 heavy (non-hydrogen) atoms. The number of carbonyl (C=O) groups excluding carboxylic acids is 1. The number of aliphatic hydroxyl groups is 1. The van der Waals surface area contributed by atoms with Crippen molar-refractivity contribution in [3.8, 4) is 17.0 Å². The Labute approximate surface area is 193 Å². The molecule has 0 bridgehead atoms. The van der Waals surface area contributed by atoms with E-state index in [2.05, 4.69) is 31.2 Å². The van der Waals surface area contributed by atoms with Crippen LogP contribution in [0.25, 0.3) is 11.3 Å². The van der Waals surface area contributed by atoms with Crippen LogP contribution < -0.4 is 5.32 Å². The van der Waals surface area contributed by atoms with Crippen molar-refractivity contribution in [2.75, 3.05) is 5.32 Å². The largest absolute Gasteiger partial charge is 0.508 e. The lowest BCUT2D eigenvalue weighted by atomic mass is 10.1. The molecular formula is C25H20BrN3O3. The number of hydrogen-bond acceptors (Lipinski definition) is 5. The van der Waals surface area contributed by atoms with Crippen LogP contribution in [0.2, 0.25) is 0 Å². The Hall–Kier alpha value is -3.55. The van der Waals surface area contributed by atoms with Crippen LogP contribution in [0, 0.1) is 0 Å². The first-order valence-corrected chi connectivity index (χ1v) is 10.7. The van der Waals surface area contributed by atoms with E-state index in [0.29, 0.717) is 11.3 Å². The summed E-state index contributed by atoms with van der Waals surface area (Å²) in [6.45, 7) is 0. The number of halogens is 1. The number of anilines is 1. The van der Waals surface area contributed by atoms with Gasteiger partial charge < -0.3 is 15.5 Å². The van der Waals surface area contributed by atoms with Gasteiger partial charge in [0, 0.05) is 10.0 Å². The van der Waals surface area contributed by atoms with E-state index in [1.54, 1.807) is 36.4 Å². The molecule has 0 aliphatic heterocycles. The minimum atomic E-state index is -1.08. The Morgan fingerprint density at radius 2 is 1.66 bits per heavy atom. The van der Waals surface area contributed by atoms with Crippen molar-refractivity contribution in [1.82, 2.24) is 9.97 Å². The maximum atomic E-state index is 12.7. The summed E-state index contributed by atoms with van der Waals surface area (Å²) in [5.74, 6) is 0.0783. The second-order valence-corrected chi connectivity index (χ2v) is 8.12. The molecule has 1 heterocycles. The summed E-state index contributed by atoms with van der Waals surface area (Å²) in [5, 5.41) is 23.4. The number of carbonyl (C=O) groups is 1. The number of aromatic nitrogens is 2. The molecule has 0 spiro atoms. The predicted octanol–water partition coefficient (Wildman–Crippen LogP) is 4.87. The third kappa shape index (κ3) is 5.19. The highest BCUT2D eigenvalue weighted by Crippen LogP contribution is 2.29. The predicted molar refractivity (Wildman–Crippen MR) is 126 cm³/mol. The lowest BCUT2D eigenvalue weighted by Gasteiger charge is -2.16. The monoisotopic (exact) mass is 489 g/mol. The van der Waals surface area contributed by atoms with Gasteiger partial charge in [-0.2, -0.15) is 0 Å². The highest BCUT2D eigenvalue weighted by atomic mass is 79.9. The SMILES string of the molecule is O=C(Cc1ccc(Br)cc1)Nc1ncc(-c2ccc(O)cc2)nc1C(O)c1ccccc1. The number of aromatic hydroxyl groups is 1. The van der Waals surface area contributed by atoms with Crippen molar-refractivity contribution in [3.63, 3.8) is 0 Å². The molecule has 0 fully saturated rings. The number of aliphatic hydroxyl groups excluding tert-OH is 1. The van der Waals surface area contributed by atoms with Gasteiger partial charge in [-0.05, 0) is 47.5 Å². The molecule has 1 aromatic heterocycles. The van der Waals surface area contributed by atoms with Crippen molar-refractivity contribution >= 4 is 27.7 Å². The Balaban J connectivity index is 1.66. The summed E-state index contributed by atoms with van der Waals surface area (Å²) in [5.41, 5.74) is 2.97. The van der Waals surface area contributed by atoms with Gasteiger partial charge in [0.1, 0.15) is 17.5 Å². The second kappa shape index (κ2) is 9.72. The molecular weight excluding hydrogens is 470 g/mol. The fourth-order valence-electron chi connectivity index (χ4n) is 3.22. The van der Waals surface area contributed by atoms with Crippen molar-refractivity contribution in [1.29, 1.82) is 0 Å². The summed E-state index contributed by atoms with van der Waals surface area (Å²) in [6, 6.07) is 23.1. The van der Waals surface area contributed by atoms with E-state index in [9.17, 15) is 15.0 Å². The standard InChI is InChI=1S/C25H20BrN3O3/c26-19-10-6-16(7-11-19)14-22(31)29-25-23(24(32)18-4-2-1-3-5-18)28-21(15-27-25)17-8-12-20(30)13-9-17/h1-13,15,24,30,32H,14H2,(H,27,29,31). The molecule has 0 saturated carbocycles. The first-order chi connectivity index (χ1) is 15.5. The maximum Gasteiger partial charge on any atom is 0.229 e. The maximum absolute atomic E-state index is 12.7. The Kier molecular flexibility index (Phi) is 6.58. The lowest BCUT2D eigenvalue weighted by Crippen LogP contribution is -2.19. The summed E-state index contributed by atoms with van der Waals surface area (Å²) in [4.78, 5) is 21.7. The van der Waals surface area contributed by atoms with Crippen LogP contribution in [0.1, 0.15) is 22.9 Å². The second-order valence-electron chi connectivity index (χ2n) is 7.20. The summed E-state index contributed by atoms with van der Waals surface area (Å²) in [6.07, 6.45) is 0.613. The molecule has 0 saturated heterocycles. The van der Waals surface area contributed by atoms with E-state index in [1.807, 2.05) is 42.5 Å². The summed E-state index contributed by atoms with van der Waals surface area (Å²) in [7, 11) is 0. The molecule has 0 aliphatic rings. The molecule has 3 N–H and O–H groups in total. The number of nitrogens with zero attached hydrogens (tertiary/aromatic N) is 2. The van der Waals surface area contributed by atoms with Crippen molar-refractivity contribution in [2.45, 2.75) is 12.5 Å². The molecule has 160 valence electrons. The molecule has 1 unspecified atom stereocenters. The van der Waals surface area contributed by atoms with E-state index >= 15 is 0 Å². The van der Waals surface area contributed by atoms with E-state index in [1.165, 1.54) is 6.20 Å². The highest BCUT2D eigenvalue weighted by molar-refractivity contribution is 9.10. The first kappa shape index (κ1) is 21.7. The van der Waals surface area contributed by atoms with Gasteiger partial charge in [0.2, 0.25) is 5.91 Å². The molecule has 7 heteroatoms. The third-order valence-corrected chi connectivity index (χ3v) is 5.40. The van der Waals surface area contributed by atoms with Gasteiger partial charge in [0.25, 0.3) is 0 Å². The van der Waals surface area contributed by atoms with Gasteiger partial charge in [-0.3, -0.25) is 4.79 Å². The molecule has 0 aliphatic carbocycles. The van der Waals surface area contributed by atoms with Gasteiger partial charge in [-0.15, -0.1) is 0 Å². The van der Waals surface area contributed by atoms with Crippen LogP contribution in [-0.4, -0.2) is 26.1 Å². The van der Waals surface area contributed by atoms with Gasteiger partial charge in [-0.1, -0.05) is 58.4 Å². The third-order valence-electron chi connectivity index (χ3n) is 4.87. The van der Waals surface area contributed by atoms with Gasteiger partial charge in [0.15, 0.2) is 5.82 Å². The fraction of sp³-hybridized carbons (Fsp3) is 0.0800. The Bertz CT molecular complexity index is 1210. The minimum Gasteiger partial charge on any atom is -0.508 e. The van der Waals surface area contributed by atoms with Gasteiger partial charge in [-0.25, -0.2) is 9.97 Å². The van der Waals surface area contributed by atoms with Crippen LogP contribution in [0.5, 0.6) is 5.75 Å². The smallest absolute Gasteiger partial charge is 0.229 e. The number of amides is 1. The molecule has 4 rings (SSSR count). The number of benzene rings is 3. The average Bonchev–Trinajstić information content (AvgIpc) is 2.81. The topological polar surface area (TPSA) is 95.3 Å². The van der Waals surface area contributed by atoms with Gasteiger partial charge in [0.05, 0.1) is 18.3 Å². The van der Waals surface area contributed by atoms with Crippen molar-refractivity contribution in [2.24, 2.45) is 0 Å². The summed E-state index contributed by atoms with van der Waals surface area (Å²) < 4.78 is 0.936. The normalized spacial score (nSPS) is 11.7. The van der Waals surface area contributed by atoms with Gasteiger partial charge >= 0.3 is 0 Å². The Morgan fingerprint density at radius 3 is 2.34 bits per heavy atom. The van der Waals surface area contributed by atoms with Crippen LogP contribution in [0.4, 0.5) is 5.82 Å². The van der Waals surface area contributed by atoms with E-state index in [4.69, 9.17) is 0 Å². The molecule has 6 nitrogen and oxygen atoms in total. The zero-order valence-electron chi connectivity index (χ0n) is 16.9. The average molecular weight is 490 g/mol. The number of rotatable bonds is 6. The quantitative estimate of drug-likeness (QED) is 0.358. The lowest BCUT2D eigenvalue weighted by molar-refractivity contribution is -0.115. The molecule has 3 aromatic carbocycles. The van der Waals surface area contributed by atoms with E-state index < -0.39 is 6.10 Å². The molecule has 1 amide bonds. The molecule has 1 atom stereocenters. The number of hydrogen-bond donors (Lipinski definition) is 3. The molecule has 0 radical (unpaired) electrons. The zero-order valence-corrected chi connectivity index (χ0v) is 18.5. The zero-order chi connectivity index (χ0) is 22.5. The van der Waals surface area contributed by atoms with Crippen molar-refractivity contribution < 1.29 is 15.0 Å². The van der Waals surface area contributed by atoms with Crippen molar-refractivity contribution in [3.05, 3.63) is 106 Å². The van der Waals surface area contributed by atoms with Crippen LogP contribution in [0.3, 0.4) is 0 Å². The van der Waals surface area contributed by atoms with E-state index in [-0.39, 0.29) is 29.6 Å². The minimum absolute atomic E-state index is 0.142. The van der Waals surface area contributed by atoms with Crippen LogP contribution in [-0.2, 0) is 11.2 Å². The molecule has 4 aromatic rings. The number of phenolic OH excluding ortho intramolecular Hbond substituents is 1.